The van der Waals surface area contributed by atoms with Gasteiger partial charge >= 0.3 is 6.09 Å². The lowest BCUT2D eigenvalue weighted by Gasteiger charge is -2.34. The van der Waals surface area contributed by atoms with Crippen molar-refractivity contribution in [1.82, 2.24) is 14.8 Å². The lowest BCUT2D eigenvalue weighted by molar-refractivity contribution is 0.0560. The number of carbonyl (C=O) groups is 2. The van der Waals surface area contributed by atoms with Crippen LogP contribution in [0.5, 0.6) is 0 Å². The highest BCUT2D eigenvalue weighted by Gasteiger charge is 2.26. The zero-order valence-corrected chi connectivity index (χ0v) is 19.7. The summed E-state index contributed by atoms with van der Waals surface area (Å²) in [6.45, 7) is 5.50. The fourth-order valence-electron chi connectivity index (χ4n) is 3.96. The topological polar surface area (TPSA) is 62.7 Å². The van der Waals surface area contributed by atoms with Gasteiger partial charge in [-0.25, -0.2) is 18.6 Å². The molecule has 3 aromatic rings. The van der Waals surface area contributed by atoms with Gasteiger partial charge in [0, 0.05) is 42.7 Å². The SMILES string of the molecule is CCCOC(=O)N1CCN(C(=O)c2ccc3c(Cl)c(C)c(-c4cccc(F)c4F)nc3c2)CC1. The second-order valence-corrected chi connectivity index (χ2v) is 8.50. The van der Waals surface area contributed by atoms with E-state index in [4.69, 9.17) is 16.3 Å². The number of amides is 2. The van der Waals surface area contributed by atoms with E-state index in [-0.39, 0.29) is 23.3 Å². The fourth-order valence-corrected chi connectivity index (χ4v) is 4.21. The van der Waals surface area contributed by atoms with Gasteiger partial charge in [-0.2, -0.15) is 0 Å². The van der Waals surface area contributed by atoms with E-state index in [0.717, 1.165) is 12.5 Å². The molecule has 1 saturated heterocycles. The molecule has 0 spiro atoms. The van der Waals surface area contributed by atoms with Crippen LogP contribution in [0, 0.1) is 18.6 Å². The molecule has 0 radical (unpaired) electrons. The summed E-state index contributed by atoms with van der Waals surface area (Å²) >= 11 is 6.53. The number of fused-ring (bicyclic) bond motifs is 1. The number of benzene rings is 2. The first-order valence-corrected chi connectivity index (χ1v) is 11.4. The lowest BCUT2D eigenvalue weighted by atomic mass is 10.0. The van der Waals surface area contributed by atoms with Crippen molar-refractivity contribution in [2.45, 2.75) is 20.3 Å². The van der Waals surface area contributed by atoms with Crippen molar-refractivity contribution in [3.8, 4) is 11.3 Å². The average molecular weight is 488 g/mol. The number of hydrogen-bond donors (Lipinski definition) is 0. The summed E-state index contributed by atoms with van der Waals surface area (Å²) in [5.74, 6) is -2.19. The van der Waals surface area contributed by atoms with Gasteiger partial charge in [-0.3, -0.25) is 4.79 Å². The predicted molar refractivity (Wildman–Crippen MR) is 126 cm³/mol. The molecule has 0 saturated carbocycles. The molecule has 0 aliphatic carbocycles. The van der Waals surface area contributed by atoms with Gasteiger partial charge in [-0.15, -0.1) is 0 Å². The Hall–Kier alpha value is -3.26. The number of aromatic nitrogens is 1. The van der Waals surface area contributed by atoms with Crippen LogP contribution in [0.2, 0.25) is 5.02 Å². The number of ether oxygens (including phenoxy) is 1. The third kappa shape index (κ3) is 4.55. The van der Waals surface area contributed by atoms with Gasteiger partial charge < -0.3 is 14.5 Å². The molecule has 9 heteroatoms. The van der Waals surface area contributed by atoms with Crippen LogP contribution in [-0.2, 0) is 4.74 Å². The van der Waals surface area contributed by atoms with Crippen molar-refractivity contribution >= 4 is 34.5 Å². The maximum Gasteiger partial charge on any atom is 0.409 e. The molecule has 34 heavy (non-hydrogen) atoms. The van der Waals surface area contributed by atoms with Crippen LogP contribution in [0.15, 0.2) is 36.4 Å². The molecular weight excluding hydrogens is 464 g/mol. The van der Waals surface area contributed by atoms with Crippen molar-refractivity contribution in [3.63, 3.8) is 0 Å². The molecule has 178 valence electrons. The number of hydrogen-bond acceptors (Lipinski definition) is 4. The summed E-state index contributed by atoms with van der Waals surface area (Å²) < 4.78 is 33.4. The van der Waals surface area contributed by atoms with E-state index in [2.05, 4.69) is 4.98 Å². The smallest absolute Gasteiger partial charge is 0.409 e. The van der Waals surface area contributed by atoms with Crippen molar-refractivity contribution in [2.24, 2.45) is 0 Å². The summed E-state index contributed by atoms with van der Waals surface area (Å²) in [5, 5.41) is 0.974. The van der Waals surface area contributed by atoms with Crippen molar-refractivity contribution in [3.05, 3.63) is 64.2 Å². The zero-order chi connectivity index (χ0) is 24.4. The Morgan fingerprint density at radius 1 is 1.09 bits per heavy atom. The van der Waals surface area contributed by atoms with Crippen LogP contribution in [0.1, 0.15) is 29.3 Å². The summed E-state index contributed by atoms with van der Waals surface area (Å²) in [7, 11) is 0. The Kier molecular flexibility index (Phi) is 6.97. The van der Waals surface area contributed by atoms with Crippen molar-refractivity contribution in [2.75, 3.05) is 32.8 Å². The molecule has 1 aromatic heterocycles. The van der Waals surface area contributed by atoms with Gasteiger partial charge in [0.15, 0.2) is 11.6 Å². The van der Waals surface area contributed by atoms with Gasteiger partial charge in [0.1, 0.15) is 0 Å². The predicted octanol–water partition coefficient (Wildman–Crippen LogP) is 5.45. The summed E-state index contributed by atoms with van der Waals surface area (Å²) in [6, 6.07) is 8.86. The van der Waals surface area contributed by atoms with E-state index >= 15 is 0 Å². The number of piperazine rings is 1. The number of pyridine rings is 1. The van der Waals surface area contributed by atoms with Crippen molar-refractivity contribution in [1.29, 1.82) is 0 Å². The normalized spacial score (nSPS) is 13.9. The van der Waals surface area contributed by atoms with E-state index in [0.29, 0.717) is 59.8 Å². The quantitative estimate of drug-likeness (QED) is 0.491. The Balaban J connectivity index is 1.60. The largest absolute Gasteiger partial charge is 0.449 e. The van der Waals surface area contributed by atoms with Crippen LogP contribution in [-0.4, -0.2) is 59.6 Å². The molecule has 0 unspecified atom stereocenters. The number of nitrogens with zero attached hydrogens (tertiary/aromatic N) is 3. The molecule has 0 atom stereocenters. The second kappa shape index (κ2) is 9.93. The third-order valence-electron chi connectivity index (χ3n) is 5.86. The van der Waals surface area contributed by atoms with E-state index < -0.39 is 11.6 Å². The molecule has 0 N–H and O–H groups in total. The maximum absolute atomic E-state index is 14.5. The lowest BCUT2D eigenvalue weighted by Crippen LogP contribution is -2.50. The molecule has 2 aromatic carbocycles. The second-order valence-electron chi connectivity index (χ2n) is 8.13. The standard InChI is InChI=1S/C25H24ClF2N3O3/c1-3-13-34-25(33)31-11-9-30(10-12-31)24(32)16-7-8-17-20(14-16)29-23(15(2)21(17)26)18-5-4-6-19(27)22(18)28/h4-8,14H,3,9-13H2,1-2H3. The summed E-state index contributed by atoms with van der Waals surface area (Å²) in [4.78, 5) is 32.9. The summed E-state index contributed by atoms with van der Waals surface area (Å²) in [5.41, 5.74) is 1.54. The van der Waals surface area contributed by atoms with Crippen LogP contribution < -0.4 is 0 Å². The molecule has 4 rings (SSSR count). The Labute approximate surface area is 201 Å². The monoisotopic (exact) mass is 487 g/mol. The van der Waals surface area contributed by atoms with Gasteiger partial charge in [0.05, 0.1) is 22.8 Å². The molecule has 6 nitrogen and oxygen atoms in total. The Morgan fingerprint density at radius 3 is 2.50 bits per heavy atom. The molecule has 2 heterocycles. The highest BCUT2D eigenvalue weighted by Crippen LogP contribution is 2.35. The van der Waals surface area contributed by atoms with Crippen LogP contribution >= 0.6 is 11.6 Å². The summed E-state index contributed by atoms with van der Waals surface area (Å²) in [6.07, 6.45) is 0.378. The van der Waals surface area contributed by atoms with Crippen molar-refractivity contribution < 1.29 is 23.1 Å². The first-order chi connectivity index (χ1) is 16.3. The fraction of sp³-hybridized carbons (Fsp3) is 0.320. The van der Waals surface area contributed by atoms with E-state index in [1.165, 1.54) is 12.1 Å². The minimum atomic E-state index is -1.00. The highest BCUT2D eigenvalue weighted by atomic mass is 35.5. The van der Waals surface area contributed by atoms with E-state index in [9.17, 15) is 18.4 Å². The van der Waals surface area contributed by atoms with Gasteiger partial charge in [-0.1, -0.05) is 30.7 Å². The molecule has 1 aliphatic rings. The molecular formula is C25H24ClF2N3O3. The Morgan fingerprint density at radius 2 is 1.79 bits per heavy atom. The third-order valence-corrected chi connectivity index (χ3v) is 6.35. The van der Waals surface area contributed by atoms with E-state index in [1.807, 2.05) is 6.92 Å². The van der Waals surface area contributed by atoms with Crippen LogP contribution in [0.4, 0.5) is 13.6 Å². The molecule has 1 fully saturated rings. The molecule has 1 aliphatic heterocycles. The van der Waals surface area contributed by atoms with Gasteiger partial charge in [0.2, 0.25) is 0 Å². The highest BCUT2D eigenvalue weighted by molar-refractivity contribution is 6.36. The Bertz CT molecular complexity index is 1260. The number of rotatable bonds is 4. The average Bonchev–Trinajstić information content (AvgIpc) is 2.86. The first kappa shape index (κ1) is 23.9. The maximum atomic E-state index is 14.5. The van der Waals surface area contributed by atoms with Crippen LogP contribution in [0.25, 0.3) is 22.2 Å². The number of carbonyl (C=O) groups excluding carboxylic acids is 2. The van der Waals surface area contributed by atoms with Crippen LogP contribution in [0.3, 0.4) is 0 Å². The number of halogens is 3. The van der Waals surface area contributed by atoms with E-state index in [1.54, 1.807) is 34.9 Å². The zero-order valence-electron chi connectivity index (χ0n) is 18.9. The minimum absolute atomic E-state index is 0.00381. The van der Waals surface area contributed by atoms with Gasteiger partial charge in [-0.05, 0) is 43.2 Å². The van der Waals surface area contributed by atoms with Gasteiger partial charge in [0.25, 0.3) is 5.91 Å². The molecule has 2 amide bonds. The first-order valence-electron chi connectivity index (χ1n) is 11.1. The molecule has 0 bridgehead atoms. The minimum Gasteiger partial charge on any atom is -0.449 e.